The molecule has 2 aliphatic rings. The molecule has 2 aliphatic carbocycles. The zero-order valence-corrected chi connectivity index (χ0v) is 9.57. The standard InChI is InChI=1S/C7H10.C5H10O3/c1-2-7-4-3-6(1)5-7;1-5(6)8-4-3-7-2/h1-2,6-7H,3-5H2;3-4H2,1-2H3. The van der Waals surface area contributed by atoms with Gasteiger partial charge in [-0.1, -0.05) is 12.2 Å². The molecule has 3 heteroatoms. The van der Waals surface area contributed by atoms with Crippen LogP contribution in [0.1, 0.15) is 26.2 Å². The molecule has 0 heterocycles. The summed E-state index contributed by atoms with van der Waals surface area (Å²) in [6, 6.07) is 0. The highest BCUT2D eigenvalue weighted by atomic mass is 16.6. The lowest BCUT2D eigenvalue weighted by Crippen LogP contribution is -2.05. The van der Waals surface area contributed by atoms with Gasteiger partial charge in [0, 0.05) is 14.0 Å². The molecular weight excluding hydrogens is 192 g/mol. The average molecular weight is 212 g/mol. The number of rotatable bonds is 3. The van der Waals surface area contributed by atoms with Crippen LogP contribution in [0.25, 0.3) is 0 Å². The molecule has 0 saturated heterocycles. The minimum absolute atomic E-state index is 0.262. The second-order valence-corrected chi connectivity index (χ2v) is 4.05. The molecule has 2 bridgehead atoms. The summed E-state index contributed by atoms with van der Waals surface area (Å²) in [5.41, 5.74) is 0. The van der Waals surface area contributed by atoms with Crippen LogP contribution in [0, 0.1) is 11.8 Å². The SMILES string of the molecule is C1=CC2CCC1C2.COCCOC(C)=O. The number of hydrogen-bond acceptors (Lipinski definition) is 3. The lowest BCUT2D eigenvalue weighted by molar-refractivity contribution is -0.142. The maximum absolute atomic E-state index is 10.0. The van der Waals surface area contributed by atoms with E-state index in [0.29, 0.717) is 13.2 Å². The van der Waals surface area contributed by atoms with Gasteiger partial charge in [-0.25, -0.2) is 0 Å². The molecule has 0 aromatic rings. The van der Waals surface area contributed by atoms with E-state index >= 15 is 0 Å². The molecule has 2 rings (SSSR count). The largest absolute Gasteiger partial charge is 0.463 e. The number of carbonyl (C=O) groups excluding carboxylic acids is 1. The summed E-state index contributed by atoms with van der Waals surface area (Å²) in [4.78, 5) is 10.0. The Balaban J connectivity index is 0.000000150. The molecule has 1 saturated carbocycles. The van der Waals surface area contributed by atoms with Gasteiger partial charge in [0.25, 0.3) is 0 Å². The number of allylic oxidation sites excluding steroid dienone is 2. The van der Waals surface area contributed by atoms with Crippen molar-refractivity contribution < 1.29 is 14.3 Å². The van der Waals surface area contributed by atoms with Gasteiger partial charge < -0.3 is 9.47 Å². The highest BCUT2D eigenvalue weighted by Gasteiger charge is 2.25. The van der Waals surface area contributed by atoms with Crippen LogP contribution < -0.4 is 0 Å². The first-order valence-electron chi connectivity index (χ1n) is 5.53. The van der Waals surface area contributed by atoms with Crippen molar-refractivity contribution in [1.82, 2.24) is 0 Å². The van der Waals surface area contributed by atoms with Crippen molar-refractivity contribution in [2.24, 2.45) is 11.8 Å². The van der Waals surface area contributed by atoms with Gasteiger partial charge in [0.2, 0.25) is 0 Å². The Bertz CT molecular complexity index is 211. The Hall–Kier alpha value is -0.830. The van der Waals surface area contributed by atoms with Gasteiger partial charge in [0.1, 0.15) is 6.61 Å². The summed E-state index contributed by atoms with van der Waals surface area (Å²) in [7, 11) is 1.56. The topological polar surface area (TPSA) is 35.5 Å². The van der Waals surface area contributed by atoms with Crippen LogP contribution in [-0.2, 0) is 14.3 Å². The Morgan fingerprint density at radius 3 is 2.13 bits per heavy atom. The zero-order valence-electron chi connectivity index (χ0n) is 9.57. The van der Waals surface area contributed by atoms with Crippen molar-refractivity contribution in [3.8, 4) is 0 Å². The van der Waals surface area contributed by atoms with Gasteiger partial charge in [0.15, 0.2) is 0 Å². The summed E-state index contributed by atoms with van der Waals surface area (Å²) in [6.07, 6.45) is 9.19. The lowest BCUT2D eigenvalue weighted by Gasteiger charge is -1.97. The van der Waals surface area contributed by atoms with Crippen molar-refractivity contribution in [2.75, 3.05) is 20.3 Å². The molecule has 3 nitrogen and oxygen atoms in total. The molecule has 86 valence electrons. The second-order valence-electron chi connectivity index (χ2n) is 4.05. The summed E-state index contributed by atoms with van der Waals surface area (Å²) in [5, 5.41) is 0. The molecule has 0 spiro atoms. The maximum Gasteiger partial charge on any atom is 0.302 e. The van der Waals surface area contributed by atoms with Crippen LogP contribution in [0.4, 0.5) is 0 Å². The van der Waals surface area contributed by atoms with E-state index < -0.39 is 0 Å². The molecule has 0 radical (unpaired) electrons. The van der Waals surface area contributed by atoms with Gasteiger partial charge >= 0.3 is 5.97 Å². The van der Waals surface area contributed by atoms with Gasteiger partial charge in [-0.3, -0.25) is 4.79 Å². The van der Waals surface area contributed by atoms with Gasteiger partial charge in [-0.05, 0) is 31.1 Å². The fourth-order valence-corrected chi connectivity index (χ4v) is 1.99. The predicted molar refractivity (Wildman–Crippen MR) is 58.5 cm³/mol. The Kier molecular flexibility index (Phi) is 5.40. The molecule has 0 N–H and O–H groups in total. The van der Waals surface area contributed by atoms with E-state index in [1.165, 1.54) is 26.2 Å². The zero-order chi connectivity index (χ0) is 11.1. The fraction of sp³-hybridized carbons (Fsp3) is 0.750. The first-order valence-corrected chi connectivity index (χ1v) is 5.53. The quantitative estimate of drug-likeness (QED) is 0.408. The predicted octanol–water partition coefficient (Wildman–Crippen LogP) is 2.17. The molecular formula is C12H20O3. The molecule has 0 amide bonds. The third-order valence-corrected chi connectivity index (χ3v) is 2.76. The molecule has 2 atom stereocenters. The molecule has 0 aromatic heterocycles. The van der Waals surface area contributed by atoms with E-state index in [2.05, 4.69) is 21.6 Å². The number of esters is 1. The second kappa shape index (κ2) is 6.62. The molecule has 2 unspecified atom stereocenters. The molecule has 0 aliphatic heterocycles. The van der Waals surface area contributed by atoms with Crippen molar-refractivity contribution in [3.05, 3.63) is 12.2 Å². The summed E-state index contributed by atoms with van der Waals surface area (Å²) in [5.74, 6) is 1.72. The summed E-state index contributed by atoms with van der Waals surface area (Å²) < 4.78 is 9.13. The number of carbonyl (C=O) groups is 1. The third kappa shape index (κ3) is 4.98. The van der Waals surface area contributed by atoms with E-state index in [-0.39, 0.29) is 5.97 Å². The van der Waals surface area contributed by atoms with E-state index in [4.69, 9.17) is 0 Å². The monoisotopic (exact) mass is 212 g/mol. The van der Waals surface area contributed by atoms with E-state index in [1.807, 2.05) is 0 Å². The minimum Gasteiger partial charge on any atom is -0.463 e. The number of hydrogen-bond donors (Lipinski definition) is 0. The Morgan fingerprint density at radius 1 is 1.27 bits per heavy atom. The van der Waals surface area contributed by atoms with Gasteiger partial charge in [0.05, 0.1) is 6.61 Å². The van der Waals surface area contributed by atoms with Crippen LogP contribution >= 0.6 is 0 Å². The van der Waals surface area contributed by atoms with Crippen LogP contribution in [0.3, 0.4) is 0 Å². The Morgan fingerprint density at radius 2 is 1.87 bits per heavy atom. The summed E-state index contributed by atoms with van der Waals surface area (Å²) in [6.45, 7) is 2.20. The van der Waals surface area contributed by atoms with Crippen LogP contribution in [0.15, 0.2) is 12.2 Å². The highest BCUT2D eigenvalue weighted by molar-refractivity contribution is 5.65. The van der Waals surface area contributed by atoms with Crippen LogP contribution in [-0.4, -0.2) is 26.3 Å². The van der Waals surface area contributed by atoms with Gasteiger partial charge in [-0.15, -0.1) is 0 Å². The number of methoxy groups -OCH3 is 1. The van der Waals surface area contributed by atoms with Crippen LogP contribution in [0.2, 0.25) is 0 Å². The highest BCUT2D eigenvalue weighted by Crippen LogP contribution is 2.38. The summed E-state index contributed by atoms with van der Waals surface area (Å²) >= 11 is 0. The first kappa shape index (κ1) is 12.2. The Labute approximate surface area is 91.4 Å². The molecule has 15 heavy (non-hydrogen) atoms. The van der Waals surface area contributed by atoms with Crippen molar-refractivity contribution in [1.29, 1.82) is 0 Å². The van der Waals surface area contributed by atoms with E-state index in [9.17, 15) is 4.79 Å². The minimum atomic E-state index is -0.262. The van der Waals surface area contributed by atoms with Crippen molar-refractivity contribution in [2.45, 2.75) is 26.2 Å². The number of fused-ring (bicyclic) bond motifs is 2. The molecule has 0 aromatic carbocycles. The van der Waals surface area contributed by atoms with E-state index in [1.54, 1.807) is 7.11 Å². The molecule has 1 fully saturated rings. The third-order valence-electron chi connectivity index (χ3n) is 2.76. The maximum atomic E-state index is 10.0. The van der Waals surface area contributed by atoms with Gasteiger partial charge in [-0.2, -0.15) is 0 Å². The lowest BCUT2D eigenvalue weighted by atomic mass is 10.1. The van der Waals surface area contributed by atoms with Crippen LogP contribution in [0.5, 0.6) is 0 Å². The smallest absolute Gasteiger partial charge is 0.302 e. The average Bonchev–Trinajstić information content (AvgIpc) is 2.82. The normalized spacial score (nSPS) is 26.0. The van der Waals surface area contributed by atoms with Crippen molar-refractivity contribution in [3.63, 3.8) is 0 Å². The first-order chi connectivity index (χ1) is 7.22. The van der Waals surface area contributed by atoms with E-state index in [0.717, 1.165) is 11.8 Å². The number of ether oxygens (including phenoxy) is 2. The fourth-order valence-electron chi connectivity index (χ4n) is 1.99. The van der Waals surface area contributed by atoms with Crippen molar-refractivity contribution >= 4 is 5.97 Å².